The van der Waals surface area contributed by atoms with E-state index in [1.807, 2.05) is 0 Å². The molecule has 1 aromatic heterocycles. The number of nitrogens with zero attached hydrogens (tertiary/aromatic N) is 2. The maximum atomic E-state index is 5.51. The number of rotatable bonds is 5. The van der Waals surface area contributed by atoms with Gasteiger partial charge in [0.2, 0.25) is 0 Å². The van der Waals surface area contributed by atoms with Crippen molar-refractivity contribution in [3.05, 3.63) is 11.9 Å². The lowest BCUT2D eigenvalue weighted by Gasteiger charge is -2.32. The summed E-state index contributed by atoms with van der Waals surface area (Å²) in [6, 6.07) is 0.532. The fourth-order valence-electron chi connectivity index (χ4n) is 3.06. The van der Waals surface area contributed by atoms with Crippen molar-refractivity contribution >= 4 is 11.6 Å². The monoisotopic (exact) mass is 263 g/mol. The Morgan fingerprint density at radius 3 is 2.63 bits per heavy atom. The second-order valence-corrected chi connectivity index (χ2v) is 5.25. The van der Waals surface area contributed by atoms with Gasteiger partial charge in [-0.2, -0.15) is 0 Å². The molecule has 1 aliphatic rings. The van der Waals surface area contributed by atoms with Gasteiger partial charge in [-0.1, -0.05) is 33.1 Å². The van der Waals surface area contributed by atoms with Gasteiger partial charge in [-0.25, -0.2) is 15.8 Å². The Morgan fingerprint density at radius 2 is 1.95 bits per heavy atom. The van der Waals surface area contributed by atoms with Gasteiger partial charge in [-0.3, -0.25) is 0 Å². The van der Waals surface area contributed by atoms with Crippen LogP contribution in [0.2, 0.25) is 0 Å². The van der Waals surface area contributed by atoms with Crippen LogP contribution in [0.15, 0.2) is 6.33 Å². The number of anilines is 2. The molecule has 0 aliphatic heterocycles. The quantitative estimate of drug-likeness (QED) is 0.562. The SMILES string of the molecule is CCc1c(NN)ncnc1NC1CCCCC1CC. The Balaban J connectivity index is 2.17. The van der Waals surface area contributed by atoms with Crippen LogP contribution in [0, 0.1) is 5.92 Å². The van der Waals surface area contributed by atoms with E-state index in [0.29, 0.717) is 6.04 Å². The molecule has 5 nitrogen and oxygen atoms in total. The molecule has 1 saturated carbocycles. The number of nitrogens with two attached hydrogens (primary N) is 1. The van der Waals surface area contributed by atoms with E-state index in [1.54, 1.807) is 6.33 Å². The van der Waals surface area contributed by atoms with Crippen LogP contribution >= 0.6 is 0 Å². The van der Waals surface area contributed by atoms with Crippen molar-refractivity contribution in [2.75, 3.05) is 10.7 Å². The third kappa shape index (κ3) is 3.15. The average Bonchev–Trinajstić information content (AvgIpc) is 2.47. The standard InChI is InChI=1S/C14H25N5/c1-3-10-7-5-6-8-12(10)18-13-11(4-2)14(19-15)17-9-16-13/h9-10,12H,3-8,15H2,1-2H3,(H2,16,17,18,19). The molecule has 2 rings (SSSR count). The lowest BCUT2D eigenvalue weighted by molar-refractivity contribution is 0.316. The predicted octanol–water partition coefficient (Wildman–Crippen LogP) is 2.71. The van der Waals surface area contributed by atoms with Gasteiger partial charge in [0.25, 0.3) is 0 Å². The van der Waals surface area contributed by atoms with Gasteiger partial charge in [0.05, 0.1) is 0 Å². The molecule has 1 fully saturated rings. The Labute approximate surface area is 115 Å². The third-order valence-corrected chi connectivity index (χ3v) is 4.19. The van der Waals surface area contributed by atoms with Crippen LogP contribution in [0.3, 0.4) is 0 Å². The summed E-state index contributed by atoms with van der Waals surface area (Å²) in [5.74, 6) is 7.93. The number of nitrogens with one attached hydrogen (secondary N) is 2. The molecule has 106 valence electrons. The number of hydrogen-bond acceptors (Lipinski definition) is 5. The van der Waals surface area contributed by atoms with Crippen LogP contribution in [0.1, 0.15) is 51.5 Å². The summed E-state index contributed by atoms with van der Waals surface area (Å²) >= 11 is 0. The van der Waals surface area contributed by atoms with Crippen molar-refractivity contribution in [3.8, 4) is 0 Å². The summed E-state index contributed by atoms with van der Waals surface area (Å²) < 4.78 is 0. The first-order chi connectivity index (χ1) is 9.30. The van der Waals surface area contributed by atoms with Gasteiger partial charge in [0, 0.05) is 11.6 Å². The number of hydrogen-bond donors (Lipinski definition) is 3. The minimum Gasteiger partial charge on any atom is -0.367 e. The van der Waals surface area contributed by atoms with E-state index in [2.05, 4.69) is 34.6 Å². The highest BCUT2D eigenvalue weighted by atomic mass is 15.3. The zero-order valence-electron chi connectivity index (χ0n) is 11.9. The molecule has 0 radical (unpaired) electrons. The van der Waals surface area contributed by atoms with E-state index < -0.39 is 0 Å². The lowest BCUT2D eigenvalue weighted by Crippen LogP contribution is -2.32. The summed E-state index contributed by atoms with van der Waals surface area (Å²) in [6.07, 6.45) is 8.89. The first-order valence-corrected chi connectivity index (χ1v) is 7.37. The van der Waals surface area contributed by atoms with Crippen LogP contribution in [0.5, 0.6) is 0 Å². The molecular formula is C14H25N5. The molecule has 0 aromatic carbocycles. The Morgan fingerprint density at radius 1 is 1.21 bits per heavy atom. The lowest BCUT2D eigenvalue weighted by atomic mass is 9.83. The minimum absolute atomic E-state index is 0.532. The molecule has 19 heavy (non-hydrogen) atoms. The Bertz CT molecular complexity index is 407. The smallest absolute Gasteiger partial charge is 0.148 e. The molecule has 5 heteroatoms. The van der Waals surface area contributed by atoms with E-state index in [4.69, 9.17) is 5.84 Å². The molecule has 0 spiro atoms. The largest absolute Gasteiger partial charge is 0.367 e. The van der Waals surface area contributed by atoms with Crippen molar-refractivity contribution in [2.45, 2.75) is 58.4 Å². The highest BCUT2D eigenvalue weighted by Crippen LogP contribution is 2.30. The van der Waals surface area contributed by atoms with Crippen molar-refractivity contribution in [2.24, 2.45) is 11.8 Å². The van der Waals surface area contributed by atoms with E-state index in [0.717, 1.165) is 29.5 Å². The van der Waals surface area contributed by atoms with Gasteiger partial charge < -0.3 is 10.7 Å². The Kier molecular flexibility index (Phi) is 4.96. The van der Waals surface area contributed by atoms with Crippen molar-refractivity contribution in [1.82, 2.24) is 9.97 Å². The molecule has 0 bridgehead atoms. The third-order valence-electron chi connectivity index (χ3n) is 4.19. The highest BCUT2D eigenvalue weighted by Gasteiger charge is 2.24. The topological polar surface area (TPSA) is 75.9 Å². The van der Waals surface area contributed by atoms with Crippen molar-refractivity contribution < 1.29 is 0 Å². The van der Waals surface area contributed by atoms with Gasteiger partial charge in [-0.15, -0.1) is 0 Å². The second-order valence-electron chi connectivity index (χ2n) is 5.25. The summed E-state index contributed by atoms with van der Waals surface area (Å²) in [5.41, 5.74) is 3.73. The first-order valence-electron chi connectivity index (χ1n) is 7.37. The predicted molar refractivity (Wildman–Crippen MR) is 78.9 cm³/mol. The molecule has 0 saturated heterocycles. The van der Waals surface area contributed by atoms with Gasteiger partial charge in [0.15, 0.2) is 0 Å². The molecule has 1 aromatic rings. The van der Waals surface area contributed by atoms with Crippen LogP contribution in [0.25, 0.3) is 0 Å². The molecule has 1 heterocycles. The van der Waals surface area contributed by atoms with E-state index in [9.17, 15) is 0 Å². The number of nitrogen functional groups attached to an aromatic ring is 1. The van der Waals surface area contributed by atoms with Gasteiger partial charge in [-0.05, 0) is 25.2 Å². The normalized spacial score (nSPS) is 23.1. The summed E-state index contributed by atoms with van der Waals surface area (Å²) in [5, 5.41) is 3.63. The zero-order valence-corrected chi connectivity index (χ0v) is 11.9. The highest BCUT2D eigenvalue weighted by molar-refractivity contribution is 5.57. The minimum atomic E-state index is 0.532. The number of aromatic nitrogens is 2. The molecule has 4 N–H and O–H groups in total. The van der Waals surface area contributed by atoms with E-state index in [1.165, 1.54) is 32.1 Å². The van der Waals surface area contributed by atoms with Crippen LogP contribution in [-0.2, 0) is 6.42 Å². The maximum absolute atomic E-state index is 5.51. The van der Waals surface area contributed by atoms with Crippen molar-refractivity contribution in [1.29, 1.82) is 0 Å². The molecule has 0 amide bonds. The van der Waals surface area contributed by atoms with Crippen LogP contribution in [-0.4, -0.2) is 16.0 Å². The zero-order chi connectivity index (χ0) is 13.7. The summed E-state index contributed by atoms with van der Waals surface area (Å²) in [7, 11) is 0. The fraction of sp³-hybridized carbons (Fsp3) is 0.714. The first kappa shape index (κ1) is 14.1. The summed E-state index contributed by atoms with van der Waals surface area (Å²) in [4.78, 5) is 8.58. The average molecular weight is 263 g/mol. The Hall–Kier alpha value is -1.36. The number of hydrazine groups is 1. The molecule has 1 aliphatic carbocycles. The van der Waals surface area contributed by atoms with Gasteiger partial charge in [0.1, 0.15) is 18.0 Å². The van der Waals surface area contributed by atoms with Crippen LogP contribution < -0.4 is 16.6 Å². The van der Waals surface area contributed by atoms with Crippen molar-refractivity contribution in [3.63, 3.8) is 0 Å². The molecular weight excluding hydrogens is 238 g/mol. The second kappa shape index (κ2) is 6.70. The van der Waals surface area contributed by atoms with E-state index in [-0.39, 0.29) is 0 Å². The van der Waals surface area contributed by atoms with Gasteiger partial charge >= 0.3 is 0 Å². The van der Waals surface area contributed by atoms with Crippen LogP contribution in [0.4, 0.5) is 11.6 Å². The molecule has 2 atom stereocenters. The maximum Gasteiger partial charge on any atom is 0.148 e. The summed E-state index contributed by atoms with van der Waals surface area (Å²) in [6.45, 7) is 4.38. The van der Waals surface area contributed by atoms with E-state index >= 15 is 0 Å². The fourth-order valence-corrected chi connectivity index (χ4v) is 3.06. The molecule has 2 unspecified atom stereocenters.